The molecule has 0 bridgehead atoms. The molecule has 4 nitrogen and oxygen atoms in total. The number of aliphatic hydroxyl groups is 2. The van der Waals surface area contributed by atoms with Crippen LogP contribution in [0.1, 0.15) is 32.1 Å². The maximum absolute atomic E-state index is 10.0. The van der Waals surface area contributed by atoms with Crippen LogP contribution in [0.3, 0.4) is 0 Å². The van der Waals surface area contributed by atoms with Gasteiger partial charge in [-0.2, -0.15) is 0 Å². The first kappa shape index (κ1) is 16.6. The van der Waals surface area contributed by atoms with Crippen LogP contribution in [0.4, 0.5) is 0 Å². The summed E-state index contributed by atoms with van der Waals surface area (Å²) in [5.41, 5.74) is -0.227. The topological polar surface area (TPSA) is 61.7 Å². The Morgan fingerprint density at radius 1 is 1.29 bits per heavy atom. The Kier molecular flexibility index (Phi) is 6.30. The minimum atomic E-state index is -0.616. The molecule has 1 aromatic carbocycles. The molecule has 3 N–H and O–H groups in total. The van der Waals surface area contributed by atoms with Gasteiger partial charge < -0.3 is 20.3 Å². The standard InChI is InChI=1S/C16H24ClNO3/c17-13-5-4-6-15(9-13)21-11-14(20)10-18-16(12-19)7-2-1-3-8-16/h4-6,9,14,18-20H,1-3,7-8,10-12H2. The Morgan fingerprint density at radius 3 is 2.71 bits per heavy atom. The van der Waals surface area contributed by atoms with Crippen LogP contribution < -0.4 is 10.1 Å². The third-order valence-electron chi connectivity index (χ3n) is 4.06. The minimum Gasteiger partial charge on any atom is -0.491 e. The predicted octanol–water partition coefficient (Wildman–Crippen LogP) is 2.36. The molecule has 1 aliphatic rings. The highest BCUT2D eigenvalue weighted by Gasteiger charge is 2.31. The first-order valence-corrected chi connectivity index (χ1v) is 7.94. The van der Waals surface area contributed by atoms with Gasteiger partial charge in [0.25, 0.3) is 0 Å². The molecule has 0 heterocycles. The predicted molar refractivity (Wildman–Crippen MR) is 83.9 cm³/mol. The smallest absolute Gasteiger partial charge is 0.120 e. The SMILES string of the molecule is OCC1(NCC(O)COc2cccc(Cl)c2)CCCCC1. The van der Waals surface area contributed by atoms with Crippen molar-refractivity contribution in [3.05, 3.63) is 29.3 Å². The number of nitrogens with one attached hydrogen (secondary N) is 1. The van der Waals surface area contributed by atoms with Crippen LogP contribution in [0.25, 0.3) is 0 Å². The van der Waals surface area contributed by atoms with Crippen molar-refractivity contribution in [3.63, 3.8) is 0 Å². The van der Waals surface area contributed by atoms with Gasteiger partial charge in [-0.05, 0) is 31.0 Å². The monoisotopic (exact) mass is 313 g/mol. The van der Waals surface area contributed by atoms with Crippen molar-refractivity contribution in [1.29, 1.82) is 0 Å². The largest absolute Gasteiger partial charge is 0.491 e. The molecule has 0 aromatic heterocycles. The van der Waals surface area contributed by atoms with Crippen LogP contribution in [0.15, 0.2) is 24.3 Å². The van der Waals surface area contributed by atoms with E-state index in [2.05, 4.69) is 5.32 Å². The van der Waals surface area contributed by atoms with Crippen molar-refractivity contribution in [2.24, 2.45) is 0 Å². The molecule has 0 amide bonds. The van der Waals surface area contributed by atoms with Crippen LogP contribution in [-0.4, -0.2) is 41.6 Å². The van der Waals surface area contributed by atoms with Crippen LogP contribution in [0.2, 0.25) is 5.02 Å². The molecular formula is C16H24ClNO3. The van der Waals surface area contributed by atoms with Crippen molar-refractivity contribution in [2.45, 2.75) is 43.7 Å². The molecule has 5 heteroatoms. The molecule has 1 saturated carbocycles. The molecular weight excluding hydrogens is 290 g/mol. The Balaban J connectivity index is 1.75. The van der Waals surface area contributed by atoms with Gasteiger partial charge in [0.15, 0.2) is 0 Å². The summed E-state index contributed by atoms with van der Waals surface area (Å²) in [4.78, 5) is 0. The molecule has 1 aromatic rings. The second-order valence-corrected chi connectivity index (χ2v) is 6.24. The quantitative estimate of drug-likeness (QED) is 0.723. The van der Waals surface area contributed by atoms with E-state index >= 15 is 0 Å². The lowest BCUT2D eigenvalue weighted by Crippen LogP contribution is -2.52. The molecule has 1 fully saturated rings. The Morgan fingerprint density at radius 2 is 2.05 bits per heavy atom. The van der Waals surface area contributed by atoms with E-state index in [1.807, 2.05) is 12.1 Å². The first-order chi connectivity index (χ1) is 10.1. The van der Waals surface area contributed by atoms with Crippen LogP contribution in [-0.2, 0) is 0 Å². The molecule has 0 radical (unpaired) electrons. The van der Waals surface area contributed by atoms with Crippen LogP contribution >= 0.6 is 11.6 Å². The summed E-state index contributed by atoms with van der Waals surface area (Å²) < 4.78 is 5.52. The van der Waals surface area contributed by atoms with Gasteiger partial charge in [-0.1, -0.05) is 36.9 Å². The van der Waals surface area contributed by atoms with Gasteiger partial charge >= 0.3 is 0 Å². The van der Waals surface area contributed by atoms with Gasteiger partial charge in [-0.3, -0.25) is 0 Å². The van der Waals surface area contributed by atoms with Crippen molar-refractivity contribution in [2.75, 3.05) is 19.8 Å². The fourth-order valence-electron chi connectivity index (χ4n) is 2.76. The molecule has 1 aliphatic carbocycles. The van der Waals surface area contributed by atoms with Gasteiger partial charge in [0.2, 0.25) is 0 Å². The Bertz CT molecular complexity index is 435. The summed E-state index contributed by atoms with van der Waals surface area (Å²) >= 11 is 5.88. The molecule has 118 valence electrons. The van der Waals surface area contributed by atoms with Crippen molar-refractivity contribution in [3.8, 4) is 5.75 Å². The molecule has 1 unspecified atom stereocenters. The van der Waals surface area contributed by atoms with Gasteiger partial charge in [0.1, 0.15) is 18.5 Å². The maximum atomic E-state index is 10.0. The molecule has 21 heavy (non-hydrogen) atoms. The molecule has 0 spiro atoms. The van der Waals surface area contributed by atoms with E-state index in [0.29, 0.717) is 17.3 Å². The average Bonchev–Trinajstić information content (AvgIpc) is 2.52. The third kappa shape index (κ3) is 5.15. The summed E-state index contributed by atoms with van der Waals surface area (Å²) in [5, 5.41) is 23.6. The first-order valence-electron chi connectivity index (χ1n) is 7.56. The lowest BCUT2D eigenvalue weighted by Gasteiger charge is -2.37. The summed E-state index contributed by atoms with van der Waals surface area (Å²) in [6.45, 7) is 0.741. The van der Waals surface area contributed by atoms with Gasteiger partial charge in [-0.25, -0.2) is 0 Å². The Hall–Kier alpha value is -0.810. The van der Waals surface area contributed by atoms with Crippen LogP contribution in [0.5, 0.6) is 5.75 Å². The summed E-state index contributed by atoms with van der Waals surface area (Å²) in [7, 11) is 0. The Labute approximate surface area is 131 Å². The number of hydrogen-bond donors (Lipinski definition) is 3. The van der Waals surface area contributed by atoms with Crippen molar-refractivity contribution in [1.82, 2.24) is 5.32 Å². The van der Waals surface area contributed by atoms with E-state index < -0.39 is 6.10 Å². The second-order valence-electron chi connectivity index (χ2n) is 5.80. The minimum absolute atomic E-state index is 0.120. The third-order valence-corrected chi connectivity index (χ3v) is 4.30. The number of hydrogen-bond acceptors (Lipinski definition) is 4. The number of halogens is 1. The second kappa shape index (κ2) is 7.99. The van der Waals surface area contributed by atoms with E-state index in [4.69, 9.17) is 16.3 Å². The van der Waals surface area contributed by atoms with E-state index in [9.17, 15) is 10.2 Å². The fourth-order valence-corrected chi connectivity index (χ4v) is 2.94. The zero-order chi connectivity index (χ0) is 15.1. The van der Waals surface area contributed by atoms with Gasteiger partial charge in [0, 0.05) is 17.1 Å². The number of rotatable bonds is 7. The fraction of sp³-hybridized carbons (Fsp3) is 0.625. The molecule has 1 atom stereocenters. The zero-order valence-corrected chi connectivity index (χ0v) is 13.0. The van der Waals surface area contributed by atoms with Crippen LogP contribution in [0, 0.1) is 0 Å². The number of benzene rings is 1. The normalized spacial score (nSPS) is 19.2. The van der Waals surface area contributed by atoms with E-state index in [-0.39, 0.29) is 18.8 Å². The maximum Gasteiger partial charge on any atom is 0.120 e. The lowest BCUT2D eigenvalue weighted by molar-refractivity contribution is 0.0711. The lowest BCUT2D eigenvalue weighted by atomic mass is 9.82. The number of β-amino-alcohol motifs (C(OH)–C–C–N with tert-alkyl or cyclic N) is 1. The highest BCUT2D eigenvalue weighted by molar-refractivity contribution is 6.30. The van der Waals surface area contributed by atoms with E-state index in [0.717, 1.165) is 25.7 Å². The molecule has 0 saturated heterocycles. The summed E-state index contributed by atoms with van der Waals surface area (Å²) in [6.07, 6.45) is 4.79. The summed E-state index contributed by atoms with van der Waals surface area (Å²) in [6, 6.07) is 7.12. The summed E-state index contributed by atoms with van der Waals surface area (Å²) in [5.74, 6) is 0.649. The number of aliphatic hydroxyl groups excluding tert-OH is 2. The van der Waals surface area contributed by atoms with Gasteiger partial charge in [-0.15, -0.1) is 0 Å². The van der Waals surface area contributed by atoms with Gasteiger partial charge in [0.05, 0.1) is 6.61 Å². The molecule has 2 rings (SSSR count). The zero-order valence-electron chi connectivity index (χ0n) is 12.2. The van der Waals surface area contributed by atoms with Crippen molar-refractivity contribution >= 4 is 11.6 Å². The average molecular weight is 314 g/mol. The highest BCUT2D eigenvalue weighted by Crippen LogP contribution is 2.27. The van der Waals surface area contributed by atoms with Crippen molar-refractivity contribution < 1.29 is 14.9 Å². The highest BCUT2D eigenvalue weighted by atomic mass is 35.5. The number of ether oxygens (including phenoxy) is 1. The van der Waals surface area contributed by atoms with E-state index in [1.165, 1.54) is 6.42 Å². The van der Waals surface area contributed by atoms with E-state index in [1.54, 1.807) is 12.1 Å². The molecule has 0 aliphatic heterocycles.